The summed E-state index contributed by atoms with van der Waals surface area (Å²) in [4.78, 5) is 22.6. The van der Waals surface area contributed by atoms with Crippen LogP contribution in [0.4, 0.5) is 14.5 Å². The van der Waals surface area contributed by atoms with Gasteiger partial charge in [-0.05, 0) is 11.5 Å². The van der Waals surface area contributed by atoms with Crippen LogP contribution in [-0.4, -0.2) is 23.0 Å². The summed E-state index contributed by atoms with van der Waals surface area (Å²) in [7, 11) is 0. The number of hydrogen-bond acceptors (Lipinski definition) is 3. The fraction of sp³-hybridized carbons (Fsp3) is 0.385. The number of nitrogens with two attached hydrogens (primary N) is 1. The van der Waals surface area contributed by atoms with Crippen LogP contribution in [-0.2, 0) is 4.79 Å². The molecule has 1 aromatic carbocycles. The third-order valence-electron chi connectivity index (χ3n) is 2.76. The minimum Gasteiger partial charge on any atom is -0.478 e. The Bertz CT molecular complexity index is 553. The van der Waals surface area contributed by atoms with Crippen molar-refractivity contribution in [2.24, 2.45) is 11.1 Å². The number of halogens is 2. The van der Waals surface area contributed by atoms with Crippen LogP contribution < -0.4 is 11.1 Å². The average molecular weight is 286 g/mol. The zero-order valence-corrected chi connectivity index (χ0v) is 11.3. The molecule has 0 heterocycles. The summed E-state index contributed by atoms with van der Waals surface area (Å²) in [5.41, 5.74) is 3.98. The highest BCUT2D eigenvalue weighted by Gasteiger charge is 2.28. The molecule has 0 aliphatic carbocycles. The number of hydrogen-bond donors (Lipinski definition) is 3. The maximum absolute atomic E-state index is 13.5. The van der Waals surface area contributed by atoms with Gasteiger partial charge >= 0.3 is 5.97 Å². The molecule has 0 aliphatic heterocycles. The zero-order chi connectivity index (χ0) is 15.7. The quantitative estimate of drug-likeness (QED) is 0.792. The standard InChI is InChI=1S/C13H16F2N2O3/c1-13(2,3)10(16)11(18)17-9-4-6(12(19)20)7(14)5-8(9)15/h4-5,10H,16H2,1-3H3,(H,17,18)(H,19,20)/t10-/m0/s1. The van der Waals surface area contributed by atoms with Gasteiger partial charge in [-0.3, -0.25) is 4.79 Å². The van der Waals surface area contributed by atoms with Crippen LogP contribution in [0.25, 0.3) is 0 Å². The first-order valence-electron chi connectivity index (χ1n) is 5.83. The van der Waals surface area contributed by atoms with Crippen molar-refractivity contribution in [2.75, 3.05) is 5.32 Å². The van der Waals surface area contributed by atoms with Gasteiger partial charge in [-0.25, -0.2) is 13.6 Å². The van der Waals surface area contributed by atoms with E-state index in [1.165, 1.54) is 0 Å². The lowest BCUT2D eigenvalue weighted by Crippen LogP contribution is -2.45. The maximum Gasteiger partial charge on any atom is 0.338 e. The number of benzene rings is 1. The fourth-order valence-corrected chi connectivity index (χ4v) is 1.41. The molecule has 0 bridgehead atoms. The Hall–Kier alpha value is -2.02. The summed E-state index contributed by atoms with van der Waals surface area (Å²) in [6, 6.07) is 0.197. The molecule has 1 aromatic rings. The number of nitrogens with one attached hydrogen (secondary N) is 1. The van der Waals surface area contributed by atoms with E-state index in [2.05, 4.69) is 5.32 Å². The van der Waals surface area contributed by atoms with E-state index in [1.807, 2.05) is 0 Å². The first-order valence-corrected chi connectivity index (χ1v) is 5.83. The smallest absolute Gasteiger partial charge is 0.338 e. The molecule has 0 saturated heterocycles. The molecule has 1 rings (SSSR count). The molecular formula is C13H16F2N2O3. The third kappa shape index (κ3) is 3.51. The van der Waals surface area contributed by atoms with E-state index in [1.54, 1.807) is 20.8 Å². The molecule has 0 spiro atoms. The third-order valence-corrected chi connectivity index (χ3v) is 2.76. The lowest BCUT2D eigenvalue weighted by molar-refractivity contribution is -0.119. The van der Waals surface area contributed by atoms with Crippen molar-refractivity contribution in [1.82, 2.24) is 0 Å². The van der Waals surface area contributed by atoms with E-state index < -0.39 is 46.2 Å². The van der Waals surface area contributed by atoms with E-state index in [0.29, 0.717) is 6.07 Å². The number of carbonyl (C=O) groups is 2. The van der Waals surface area contributed by atoms with Crippen LogP contribution in [0.1, 0.15) is 31.1 Å². The van der Waals surface area contributed by atoms with E-state index in [9.17, 15) is 18.4 Å². The van der Waals surface area contributed by atoms with E-state index >= 15 is 0 Å². The van der Waals surface area contributed by atoms with Crippen molar-refractivity contribution >= 4 is 17.6 Å². The summed E-state index contributed by atoms with van der Waals surface area (Å²) in [6.45, 7) is 5.17. The topological polar surface area (TPSA) is 92.4 Å². The summed E-state index contributed by atoms with van der Waals surface area (Å²) in [6.07, 6.45) is 0. The second-order valence-corrected chi connectivity index (χ2v) is 5.45. The number of carboxylic acid groups (broad SMARTS) is 1. The molecule has 4 N–H and O–H groups in total. The van der Waals surface area contributed by atoms with Crippen LogP contribution in [0.2, 0.25) is 0 Å². The molecule has 0 fully saturated rings. The molecule has 5 nitrogen and oxygen atoms in total. The van der Waals surface area contributed by atoms with Crippen LogP contribution in [0, 0.1) is 17.0 Å². The average Bonchev–Trinajstić information content (AvgIpc) is 2.29. The van der Waals surface area contributed by atoms with Gasteiger partial charge in [-0.1, -0.05) is 20.8 Å². The number of anilines is 1. The van der Waals surface area contributed by atoms with Crippen molar-refractivity contribution < 1.29 is 23.5 Å². The molecule has 0 unspecified atom stereocenters. The van der Waals surface area contributed by atoms with Crippen molar-refractivity contribution in [2.45, 2.75) is 26.8 Å². The van der Waals surface area contributed by atoms with Crippen molar-refractivity contribution in [1.29, 1.82) is 0 Å². The van der Waals surface area contributed by atoms with Gasteiger partial charge in [0.25, 0.3) is 0 Å². The minimum absolute atomic E-state index is 0.404. The number of amides is 1. The monoisotopic (exact) mass is 286 g/mol. The predicted molar refractivity (Wildman–Crippen MR) is 69.4 cm³/mol. The molecule has 0 aliphatic rings. The van der Waals surface area contributed by atoms with Gasteiger partial charge in [-0.15, -0.1) is 0 Å². The van der Waals surface area contributed by atoms with Crippen molar-refractivity contribution in [3.05, 3.63) is 29.3 Å². The highest BCUT2D eigenvalue weighted by molar-refractivity contribution is 5.97. The van der Waals surface area contributed by atoms with Gasteiger partial charge in [0.15, 0.2) is 0 Å². The second-order valence-electron chi connectivity index (χ2n) is 5.45. The molecule has 0 radical (unpaired) electrons. The lowest BCUT2D eigenvalue weighted by Gasteiger charge is -2.25. The summed E-state index contributed by atoms with van der Waals surface area (Å²) in [5, 5.41) is 10.9. The Labute approximate surface area is 114 Å². The van der Waals surface area contributed by atoms with Gasteiger partial charge in [0, 0.05) is 6.07 Å². The van der Waals surface area contributed by atoms with Crippen molar-refractivity contribution in [3.8, 4) is 0 Å². The summed E-state index contributed by atoms with van der Waals surface area (Å²) >= 11 is 0. The first-order chi connectivity index (χ1) is 9.04. The Morgan fingerprint density at radius 1 is 1.25 bits per heavy atom. The molecular weight excluding hydrogens is 270 g/mol. The Morgan fingerprint density at radius 3 is 2.25 bits per heavy atom. The molecule has 1 atom stereocenters. The van der Waals surface area contributed by atoms with Crippen LogP contribution in [0.3, 0.4) is 0 Å². The largest absolute Gasteiger partial charge is 0.478 e. The lowest BCUT2D eigenvalue weighted by atomic mass is 9.87. The molecule has 0 aromatic heterocycles. The first kappa shape index (κ1) is 16.0. The number of carbonyl (C=O) groups excluding carboxylic acids is 1. The van der Waals surface area contributed by atoms with Crippen LogP contribution in [0.15, 0.2) is 12.1 Å². The van der Waals surface area contributed by atoms with Crippen LogP contribution in [0.5, 0.6) is 0 Å². The Balaban J connectivity index is 3.07. The van der Waals surface area contributed by atoms with Gasteiger partial charge < -0.3 is 16.2 Å². The number of carboxylic acids is 1. The summed E-state index contributed by atoms with van der Waals surface area (Å²) < 4.78 is 26.7. The SMILES string of the molecule is CC(C)(C)[C@@H](N)C(=O)Nc1cc(C(=O)O)c(F)cc1F. The predicted octanol–water partition coefficient (Wildman–Crippen LogP) is 1.97. The molecule has 110 valence electrons. The number of aromatic carboxylic acids is 1. The fourth-order valence-electron chi connectivity index (χ4n) is 1.41. The van der Waals surface area contributed by atoms with Gasteiger partial charge in [0.1, 0.15) is 11.6 Å². The van der Waals surface area contributed by atoms with E-state index in [-0.39, 0.29) is 0 Å². The summed E-state index contributed by atoms with van der Waals surface area (Å²) in [5.74, 6) is -4.52. The molecule has 7 heteroatoms. The van der Waals surface area contributed by atoms with Crippen LogP contribution >= 0.6 is 0 Å². The highest BCUT2D eigenvalue weighted by Crippen LogP contribution is 2.22. The zero-order valence-electron chi connectivity index (χ0n) is 11.3. The second kappa shape index (κ2) is 5.54. The Morgan fingerprint density at radius 2 is 1.80 bits per heavy atom. The normalized spacial score (nSPS) is 12.9. The van der Waals surface area contributed by atoms with Gasteiger partial charge in [0.2, 0.25) is 5.91 Å². The van der Waals surface area contributed by atoms with Crippen molar-refractivity contribution in [3.63, 3.8) is 0 Å². The van der Waals surface area contributed by atoms with Gasteiger partial charge in [-0.2, -0.15) is 0 Å². The Kier molecular flexibility index (Phi) is 4.44. The molecule has 1 amide bonds. The van der Waals surface area contributed by atoms with E-state index in [0.717, 1.165) is 6.07 Å². The van der Waals surface area contributed by atoms with Gasteiger partial charge in [0.05, 0.1) is 17.3 Å². The highest BCUT2D eigenvalue weighted by atomic mass is 19.1. The molecule has 20 heavy (non-hydrogen) atoms. The minimum atomic E-state index is -1.56. The maximum atomic E-state index is 13.5. The molecule has 0 saturated carbocycles. The number of rotatable bonds is 3. The van der Waals surface area contributed by atoms with E-state index in [4.69, 9.17) is 10.8 Å².